The molecule has 0 heterocycles. The van der Waals surface area contributed by atoms with Gasteiger partial charge in [-0.1, -0.05) is 15.9 Å². The number of carbonyl (C=O) groups excluding carboxylic acids is 1. The number of esters is 1. The summed E-state index contributed by atoms with van der Waals surface area (Å²) in [6.45, 7) is 2.07. The Labute approximate surface area is 108 Å². The highest BCUT2D eigenvalue weighted by molar-refractivity contribution is 9.08. The van der Waals surface area contributed by atoms with Crippen LogP contribution in [-0.2, 0) is 21.3 Å². The zero-order valence-corrected chi connectivity index (χ0v) is 11.3. The van der Waals surface area contributed by atoms with E-state index in [-0.39, 0.29) is 18.2 Å². The fourth-order valence-corrected chi connectivity index (χ4v) is 2.02. The molecule has 0 bridgehead atoms. The molecule has 5 heteroatoms. The molecule has 0 aromatic heterocycles. The summed E-state index contributed by atoms with van der Waals surface area (Å²) < 4.78 is 23.2. The van der Waals surface area contributed by atoms with Crippen molar-refractivity contribution in [2.45, 2.75) is 18.7 Å². The van der Waals surface area contributed by atoms with Gasteiger partial charge < -0.3 is 9.47 Å². The maximum absolute atomic E-state index is 13.3. The Bertz CT molecular complexity index is 382. The van der Waals surface area contributed by atoms with E-state index in [1.807, 2.05) is 0 Å². The van der Waals surface area contributed by atoms with Crippen molar-refractivity contribution in [3.05, 3.63) is 29.1 Å². The van der Waals surface area contributed by atoms with E-state index < -0.39 is 0 Å². The van der Waals surface area contributed by atoms with E-state index in [1.165, 1.54) is 19.2 Å². The second-order valence-corrected chi connectivity index (χ2v) is 3.92. The smallest absolute Gasteiger partial charge is 0.310 e. The summed E-state index contributed by atoms with van der Waals surface area (Å²) >= 11 is 3.26. The van der Waals surface area contributed by atoms with Gasteiger partial charge in [-0.25, -0.2) is 4.39 Å². The van der Waals surface area contributed by atoms with E-state index in [2.05, 4.69) is 15.9 Å². The number of halogens is 2. The van der Waals surface area contributed by atoms with Gasteiger partial charge in [-0.2, -0.15) is 0 Å². The molecule has 0 saturated carbocycles. The van der Waals surface area contributed by atoms with E-state index >= 15 is 0 Å². The quantitative estimate of drug-likeness (QED) is 0.620. The Morgan fingerprint density at radius 1 is 1.47 bits per heavy atom. The van der Waals surface area contributed by atoms with Gasteiger partial charge in [0.25, 0.3) is 0 Å². The number of methoxy groups -OCH3 is 1. The molecule has 0 aliphatic rings. The number of alkyl halides is 1. The third-order valence-corrected chi connectivity index (χ3v) is 2.86. The molecule has 1 aromatic rings. The summed E-state index contributed by atoms with van der Waals surface area (Å²) in [7, 11) is 1.45. The van der Waals surface area contributed by atoms with Crippen LogP contribution in [0.2, 0.25) is 0 Å². The molecular weight excluding hydrogens is 291 g/mol. The van der Waals surface area contributed by atoms with Crippen molar-refractivity contribution >= 4 is 21.9 Å². The van der Waals surface area contributed by atoms with Crippen molar-refractivity contribution in [3.8, 4) is 5.75 Å². The summed E-state index contributed by atoms with van der Waals surface area (Å²) in [5, 5.41) is 0.454. The predicted molar refractivity (Wildman–Crippen MR) is 65.9 cm³/mol. The number of hydrogen-bond acceptors (Lipinski definition) is 3. The molecule has 0 atom stereocenters. The van der Waals surface area contributed by atoms with Gasteiger partial charge in [0.05, 0.1) is 20.1 Å². The van der Waals surface area contributed by atoms with Crippen LogP contribution in [0.15, 0.2) is 12.1 Å². The number of carbonyl (C=O) groups is 1. The van der Waals surface area contributed by atoms with Gasteiger partial charge in [0.15, 0.2) is 0 Å². The summed E-state index contributed by atoms with van der Waals surface area (Å²) in [5.74, 6) is -0.365. The molecule has 3 nitrogen and oxygen atoms in total. The maximum Gasteiger partial charge on any atom is 0.310 e. The summed E-state index contributed by atoms with van der Waals surface area (Å²) in [6.07, 6.45) is 0.0816. The highest BCUT2D eigenvalue weighted by Gasteiger charge is 2.15. The molecule has 0 fully saturated rings. The first-order chi connectivity index (χ1) is 8.12. The Balaban J connectivity index is 3.06. The van der Waals surface area contributed by atoms with Crippen LogP contribution >= 0.6 is 15.9 Å². The average molecular weight is 305 g/mol. The minimum absolute atomic E-state index is 0.0816. The highest BCUT2D eigenvalue weighted by Crippen LogP contribution is 2.26. The van der Waals surface area contributed by atoms with E-state index in [4.69, 9.17) is 9.47 Å². The molecule has 0 aliphatic heterocycles. The van der Waals surface area contributed by atoms with Gasteiger partial charge >= 0.3 is 5.97 Å². The van der Waals surface area contributed by atoms with Gasteiger partial charge in [0, 0.05) is 17.0 Å². The molecule has 1 rings (SSSR count). The largest absolute Gasteiger partial charge is 0.496 e. The van der Waals surface area contributed by atoms with Gasteiger partial charge in [-0.15, -0.1) is 0 Å². The fraction of sp³-hybridized carbons (Fsp3) is 0.417. The fourth-order valence-electron chi connectivity index (χ4n) is 1.52. The van der Waals surface area contributed by atoms with Gasteiger partial charge in [0.1, 0.15) is 11.6 Å². The number of rotatable bonds is 5. The lowest BCUT2D eigenvalue weighted by molar-refractivity contribution is -0.142. The van der Waals surface area contributed by atoms with Crippen LogP contribution in [0.5, 0.6) is 5.75 Å². The van der Waals surface area contributed by atoms with Crippen LogP contribution in [0, 0.1) is 5.82 Å². The summed E-state index contributed by atoms with van der Waals surface area (Å²) in [5.41, 5.74) is 1.35. The predicted octanol–water partition coefficient (Wildman–Crippen LogP) is 2.83. The molecule has 0 N–H and O–H groups in total. The van der Waals surface area contributed by atoms with Gasteiger partial charge in [-0.3, -0.25) is 4.79 Å². The lowest BCUT2D eigenvalue weighted by Crippen LogP contribution is -2.10. The molecule has 17 heavy (non-hydrogen) atoms. The highest BCUT2D eigenvalue weighted by atomic mass is 79.9. The number of benzene rings is 1. The van der Waals surface area contributed by atoms with Crippen LogP contribution in [-0.4, -0.2) is 19.7 Å². The third kappa shape index (κ3) is 3.70. The van der Waals surface area contributed by atoms with Gasteiger partial charge in [-0.05, 0) is 18.6 Å². The Morgan fingerprint density at radius 3 is 2.71 bits per heavy atom. The molecular formula is C12H14BrFO3. The zero-order chi connectivity index (χ0) is 12.8. The molecule has 0 radical (unpaired) electrons. The summed E-state index contributed by atoms with van der Waals surface area (Å²) in [6, 6.07) is 2.65. The van der Waals surface area contributed by atoms with Crippen LogP contribution in [0.4, 0.5) is 4.39 Å². The van der Waals surface area contributed by atoms with Crippen molar-refractivity contribution in [2.24, 2.45) is 0 Å². The minimum Gasteiger partial charge on any atom is -0.496 e. The topological polar surface area (TPSA) is 35.5 Å². The molecule has 0 amide bonds. The number of hydrogen-bond donors (Lipinski definition) is 0. The molecule has 0 unspecified atom stereocenters. The first-order valence-electron chi connectivity index (χ1n) is 5.19. The first kappa shape index (κ1) is 14.0. The van der Waals surface area contributed by atoms with Crippen LogP contribution in [0.1, 0.15) is 18.1 Å². The van der Waals surface area contributed by atoms with E-state index in [9.17, 15) is 9.18 Å². The van der Waals surface area contributed by atoms with E-state index in [0.29, 0.717) is 28.8 Å². The molecule has 0 saturated heterocycles. The van der Waals surface area contributed by atoms with Crippen LogP contribution < -0.4 is 4.74 Å². The van der Waals surface area contributed by atoms with Gasteiger partial charge in [0.2, 0.25) is 0 Å². The van der Waals surface area contributed by atoms with Crippen molar-refractivity contribution < 1.29 is 18.7 Å². The minimum atomic E-state index is -0.385. The van der Waals surface area contributed by atoms with Crippen LogP contribution in [0.25, 0.3) is 0 Å². The number of ether oxygens (including phenoxy) is 2. The first-order valence-corrected chi connectivity index (χ1v) is 6.31. The van der Waals surface area contributed by atoms with Crippen molar-refractivity contribution in [2.75, 3.05) is 13.7 Å². The van der Waals surface area contributed by atoms with Crippen LogP contribution in [0.3, 0.4) is 0 Å². The Morgan fingerprint density at radius 2 is 2.18 bits per heavy atom. The standard InChI is InChI=1S/C12H14BrFO3/c1-3-17-12(15)6-10-8(7-13)4-9(14)5-11(10)16-2/h4-5H,3,6-7H2,1-2H3. The maximum atomic E-state index is 13.3. The van der Waals surface area contributed by atoms with E-state index in [1.54, 1.807) is 6.92 Å². The molecule has 0 aliphatic carbocycles. The zero-order valence-electron chi connectivity index (χ0n) is 9.76. The lowest BCUT2D eigenvalue weighted by atomic mass is 10.0. The normalized spacial score (nSPS) is 10.1. The van der Waals surface area contributed by atoms with Crippen molar-refractivity contribution in [1.82, 2.24) is 0 Å². The average Bonchev–Trinajstić information content (AvgIpc) is 2.31. The second-order valence-electron chi connectivity index (χ2n) is 3.36. The monoisotopic (exact) mass is 304 g/mol. The molecule has 0 spiro atoms. The third-order valence-electron chi connectivity index (χ3n) is 2.26. The van der Waals surface area contributed by atoms with Crippen molar-refractivity contribution in [1.29, 1.82) is 0 Å². The van der Waals surface area contributed by atoms with E-state index in [0.717, 1.165) is 0 Å². The van der Waals surface area contributed by atoms with Crippen molar-refractivity contribution in [3.63, 3.8) is 0 Å². The SMILES string of the molecule is CCOC(=O)Cc1c(CBr)cc(F)cc1OC. The molecule has 94 valence electrons. The lowest BCUT2D eigenvalue weighted by Gasteiger charge is -2.12. The second kappa shape index (κ2) is 6.59. The Kier molecular flexibility index (Phi) is 5.41. The molecule has 1 aromatic carbocycles. The Hall–Kier alpha value is -1.10. The summed E-state index contributed by atoms with van der Waals surface area (Å²) in [4.78, 5) is 11.4.